The van der Waals surface area contributed by atoms with Crippen LogP contribution < -0.4 is 14.4 Å². The van der Waals surface area contributed by atoms with Crippen molar-refractivity contribution in [3.05, 3.63) is 53.6 Å². The number of amides is 1. The minimum Gasteiger partial charge on any atom is -0.495 e. The molecule has 27 heavy (non-hydrogen) atoms. The number of hydrogen-bond donors (Lipinski definition) is 1. The number of carbonyl (C=O) groups excluding carboxylic acids is 1. The Morgan fingerprint density at radius 2 is 1.85 bits per heavy atom. The van der Waals surface area contributed by atoms with Crippen LogP contribution in [0.1, 0.15) is 24.5 Å². The molecule has 7 heteroatoms. The molecule has 0 aliphatic rings. The lowest BCUT2D eigenvalue weighted by Gasteiger charge is -2.31. The van der Waals surface area contributed by atoms with Crippen molar-refractivity contribution in [3.8, 4) is 5.75 Å². The minimum absolute atomic E-state index is 0.321. The number of hydrogen-bond acceptors (Lipinski definition) is 4. The third-order valence-electron chi connectivity index (χ3n) is 4.30. The Morgan fingerprint density at radius 1 is 1.19 bits per heavy atom. The van der Waals surface area contributed by atoms with Crippen molar-refractivity contribution in [3.63, 3.8) is 0 Å². The Hall–Kier alpha value is -2.54. The zero-order valence-corrected chi connectivity index (χ0v) is 17.1. The van der Waals surface area contributed by atoms with Gasteiger partial charge in [-0.25, -0.2) is 8.42 Å². The molecule has 0 spiro atoms. The van der Waals surface area contributed by atoms with E-state index in [0.29, 0.717) is 23.5 Å². The zero-order chi connectivity index (χ0) is 20.2. The lowest BCUT2D eigenvalue weighted by Crippen LogP contribution is -2.47. The maximum Gasteiger partial charge on any atom is 0.248 e. The van der Waals surface area contributed by atoms with Crippen molar-refractivity contribution in [2.75, 3.05) is 23.0 Å². The maximum absolute atomic E-state index is 13.0. The van der Waals surface area contributed by atoms with Crippen LogP contribution in [-0.2, 0) is 14.8 Å². The first-order valence-electron chi connectivity index (χ1n) is 8.69. The van der Waals surface area contributed by atoms with Crippen molar-refractivity contribution in [2.24, 2.45) is 0 Å². The number of rotatable bonds is 7. The molecular formula is C20H26N2O4S. The van der Waals surface area contributed by atoms with Crippen LogP contribution in [0.25, 0.3) is 0 Å². The number of anilines is 2. The molecule has 0 aliphatic heterocycles. The fourth-order valence-corrected chi connectivity index (χ4v) is 4.22. The molecule has 0 saturated heterocycles. The van der Waals surface area contributed by atoms with Crippen LogP contribution in [0.4, 0.5) is 11.4 Å². The van der Waals surface area contributed by atoms with Gasteiger partial charge in [0.25, 0.3) is 0 Å². The van der Waals surface area contributed by atoms with Crippen molar-refractivity contribution in [1.29, 1.82) is 0 Å². The molecule has 0 fully saturated rings. The topological polar surface area (TPSA) is 75.7 Å². The van der Waals surface area contributed by atoms with E-state index in [1.54, 1.807) is 37.3 Å². The van der Waals surface area contributed by atoms with Gasteiger partial charge in [-0.3, -0.25) is 9.10 Å². The van der Waals surface area contributed by atoms with Gasteiger partial charge >= 0.3 is 0 Å². The van der Waals surface area contributed by atoms with Crippen LogP contribution in [0, 0.1) is 13.8 Å². The maximum atomic E-state index is 13.0. The molecule has 2 rings (SSSR count). The molecule has 1 atom stereocenters. The Kier molecular flexibility index (Phi) is 6.49. The van der Waals surface area contributed by atoms with E-state index in [1.807, 2.05) is 26.0 Å². The fraction of sp³-hybridized carbons (Fsp3) is 0.350. The van der Waals surface area contributed by atoms with Gasteiger partial charge in [0.1, 0.15) is 11.8 Å². The molecule has 2 aromatic carbocycles. The Labute approximate surface area is 161 Å². The molecule has 146 valence electrons. The first kappa shape index (κ1) is 20.8. The van der Waals surface area contributed by atoms with Crippen LogP contribution >= 0.6 is 0 Å². The predicted octanol–water partition coefficient (Wildman–Crippen LogP) is 3.50. The smallest absolute Gasteiger partial charge is 0.248 e. The number of carbonyl (C=O) groups is 1. The van der Waals surface area contributed by atoms with E-state index in [4.69, 9.17) is 4.74 Å². The highest BCUT2D eigenvalue weighted by Crippen LogP contribution is 2.29. The quantitative estimate of drug-likeness (QED) is 0.785. The number of para-hydroxylation sites is 2. The van der Waals surface area contributed by atoms with Crippen molar-refractivity contribution >= 4 is 27.3 Å². The molecule has 0 radical (unpaired) electrons. The second kappa shape index (κ2) is 8.43. The summed E-state index contributed by atoms with van der Waals surface area (Å²) in [4.78, 5) is 13.0. The predicted molar refractivity (Wildman–Crippen MR) is 109 cm³/mol. The summed E-state index contributed by atoms with van der Waals surface area (Å²) < 4.78 is 31.7. The number of sulfonamides is 1. The van der Waals surface area contributed by atoms with Gasteiger partial charge in [-0.05, 0) is 49.6 Å². The number of nitrogens with one attached hydrogen (secondary N) is 1. The summed E-state index contributed by atoms with van der Waals surface area (Å²) in [6.45, 7) is 5.51. The standard InChI is InChI=1S/C20H26N2O4S/c1-6-17(20(23)21-16-9-7-8-10-19(16)26-4)22(27(5,24)25)18-13-14(2)11-12-15(18)3/h7-13,17H,6H2,1-5H3,(H,21,23). The Morgan fingerprint density at radius 3 is 2.44 bits per heavy atom. The monoisotopic (exact) mass is 390 g/mol. The molecular weight excluding hydrogens is 364 g/mol. The van der Waals surface area contributed by atoms with Gasteiger partial charge in [0.2, 0.25) is 15.9 Å². The minimum atomic E-state index is -3.68. The summed E-state index contributed by atoms with van der Waals surface area (Å²) in [5.74, 6) is 0.103. The number of benzene rings is 2. The number of aryl methyl sites for hydroxylation is 2. The van der Waals surface area contributed by atoms with Crippen molar-refractivity contribution in [1.82, 2.24) is 0 Å². The highest BCUT2D eigenvalue weighted by Gasteiger charge is 2.32. The van der Waals surface area contributed by atoms with E-state index in [-0.39, 0.29) is 0 Å². The van der Waals surface area contributed by atoms with Crippen LogP contribution in [-0.4, -0.2) is 33.7 Å². The highest BCUT2D eigenvalue weighted by atomic mass is 32.2. The van der Waals surface area contributed by atoms with E-state index < -0.39 is 22.0 Å². The summed E-state index contributed by atoms with van der Waals surface area (Å²) in [5, 5.41) is 2.80. The Bertz CT molecular complexity index is 925. The second-order valence-corrected chi connectivity index (χ2v) is 8.32. The molecule has 1 amide bonds. The third kappa shape index (κ3) is 4.80. The first-order valence-corrected chi connectivity index (χ1v) is 10.5. The van der Waals surface area contributed by atoms with Gasteiger partial charge in [0.05, 0.1) is 24.7 Å². The molecule has 0 aromatic heterocycles. The SMILES string of the molecule is CCC(C(=O)Nc1ccccc1OC)N(c1cc(C)ccc1C)S(C)(=O)=O. The average Bonchev–Trinajstić information content (AvgIpc) is 2.61. The summed E-state index contributed by atoms with van der Waals surface area (Å²) in [7, 11) is -2.17. The van der Waals surface area contributed by atoms with Crippen LogP contribution in [0.3, 0.4) is 0 Å². The van der Waals surface area contributed by atoms with Gasteiger partial charge in [-0.2, -0.15) is 0 Å². The molecule has 1 unspecified atom stereocenters. The van der Waals surface area contributed by atoms with Crippen LogP contribution in [0.15, 0.2) is 42.5 Å². The summed E-state index contributed by atoms with van der Waals surface area (Å²) >= 11 is 0. The number of nitrogens with zero attached hydrogens (tertiary/aromatic N) is 1. The van der Waals surface area contributed by atoms with Gasteiger partial charge in [0.15, 0.2) is 0 Å². The van der Waals surface area contributed by atoms with Crippen molar-refractivity contribution in [2.45, 2.75) is 33.2 Å². The summed E-state index contributed by atoms with van der Waals surface area (Å²) in [5.41, 5.74) is 2.72. The first-order chi connectivity index (χ1) is 12.7. The van der Waals surface area contributed by atoms with Crippen LogP contribution in [0.5, 0.6) is 5.75 Å². The van der Waals surface area contributed by atoms with E-state index in [2.05, 4.69) is 5.32 Å². The lowest BCUT2D eigenvalue weighted by molar-refractivity contribution is -0.117. The second-order valence-electron chi connectivity index (χ2n) is 6.46. The molecule has 6 nitrogen and oxygen atoms in total. The molecule has 0 aliphatic carbocycles. The molecule has 0 bridgehead atoms. The van der Waals surface area contributed by atoms with E-state index >= 15 is 0 Å². The van der Waals surface area contributed by atoms with E-state index in [1.165, 1.54) is 11.4 Å². The van der Waals surface area contributed by atoms with Crippen LogP contribution in [0.2, 0.25) is 0 Å². The molecule has 2 aromatic rings. The number of methoxy groups -OCH3 is 1. The van der Waals surface area contributed by atoms with E-state index in [0.717, 1.165) is 17.4 Å². The average molecular weight is 391 g/mol. The van der Waals surface area contributed by atoms with Gasteiger partial charge in [-0.15, -0.1) is 0 Å². The number of ether oxygens (including phenoxy) is 1. The fourth-order valence-electron chi connectivity index (χ4n) is 2.96. The molecule has 1 N–H and O–H groups in total. The van der Waals surface area contributed by atoms with Crippen molar-refractivity contribution < 1.29 is 17.9 Å². The normalized spacial score (nSPS) is 12.3. The van der Waals surface area contributed by atoms with Gasteiger partial charge in [0, 0.05) is 0 Å². The summed E-state index contributed by atoms with van der Waals surface area (Å²) in [6, 6.07) is 11.7. The lowest BCUT2D eigenvalue weighted by atomic mass is 10.1. The Balaban J connectivity index is 2.46. The summed E-state index contributed by atoms with van der Waals surface area (Å²) in [6.07, 6.45) is 1.44. The van der Waals surface area contributed by atoms with Gasteiger partial charge < -0.3 is 10.1 Å². The zero-order valence-electron chi connectivity index (χ0n) is 16.3. The highest BCUT2D eigenvalue weighted by molar-refractivity contribution is 7.92. The third-order valence-corrected chi connectivity index (χ3v) is 5.46. The molecule has 0 heterocycles. The molecule has 0 saturated carbocycles. The largest absolute Gasteiger partial charge is 0.495 e. The van der Waals surface area contributed by atoms with Gasteiger partial charge in [-0.1, -0.05) is 31.2 Å². The van der Waals surface area contributed by atoms with E-state index in [9.17, 15) is 13.2 Å².